The minimum absolute atomic E-state index is 0.153. The van der Waals surface area contributed by atoms with Crippen LogP contribution in [0.2, 0.25) is 5.02 Å². The van der Waals surface area contributed by atoms with E-state index in [2.05, 4.69) is 16.9 Å². The van der Waals surface area contributed by atoms with Crippen molar-refractivity contribution in [2.75, 3.05) is 17.2 Å². The summed E-state index contributed by atoms with van der Waals surface area (Å²) in [5.41, 5.74) is 6.36. The van der Waals surface area contributed by atoms with Gasteiger partial charge in [0.15, 0.2) is 5.76 Å². The molecular weight excluding hydrogens is 418 g/mol. The van der Waals surface area contributed by atoms with Crippen molar-refractivity contribution in [1.29, 1.82) is 0 Å². The van der Waals surface area contributed by atoms with Gasteiger partial charge in [0.2, 0.25) is 5.89 Å². The van der Waals surface area contributed by atoms with Crippen LogP contribution in [0.25, 0.3) is 11.3 Å². The van der Waals surface area contributed by atoms with Crippen molar-refractivity contribution < 1.29 is 4.42 Å². The number of benzene rings is 1. The first-order valence-corrected chi connectivity index (χ1v) is 10.8. The highest BCUT2D eigenvalue weighted by Crippen LogP contribution is 2.25. The molecule has 0 amide bonds. The molecule has 8 nitrogen and oxygen atoms in total. The SMILES string of the molecule is CCCCN(Cc1ncc(-c2cccc(Cl)c2)o1)c1c(N)n(CC(C)C)c(=O)[nH]c1=O. The number of hydrogen-bond donors (Lipinski definition) is 2. The number of unbranched alkanes of at least 4 members (excludes halogenated alkanes) is 1. The van der Waals surface area contributed by atoms with Gasteiger partial charge in [-0.05, 0) is 24.5 Å². The van der Waals surface area contributed by atoms with Crippen LogP contribution in [0, 0.1) is 5.92 Å². The molecule has 2 heterocycles. The molecule has 0 atom stereocenters. The fraction of sp³-hybridized carbons (Fsp3) is 0.409. The van der Waals surface area contributed by atoms with Gasteiger partial charge in [-0.25, -0.2) is 9.78 Å². The first-order valence-electron chi connectivity index (χ1n) is 10.4. The van der Waals surface area contributed by atoms with Crippen molar-refractivity contribution in [3.63, 3.8) is 0 Å². The van der Waals surface area contributed by atoms with Gasteiger partial charge in [-0.1, -0.05) is 50.9 Å². The van der Waals surface area contributed by atoms with E-state index >= 15 is 0 Å². The highest BCUT2D eigenvalue weighted by Gasteiger charge is 2.21. The normalized spacial score (nSPS) is 11.3. The Morgan fingerprint density at radius 3 is 2.77 bits per heavy atom. The number of nitrogens with one attached hydrogen (secondary N) is 1. The van der Waals surface area contributed by atoms with E-state index in [1.165, 1.54) is 4.57 Å². The number of halogens is 1. The molecule has 31 heavy (non-hydrogen) atoms. The van der Waals surface area contributed by atoms with Gasteiger partial charge < -0.3 is 15.1 Å². The average Bonchev–Trinajstić information content (AvgIpc) is 3.17. The summed E-state index contributed by atoms with van der Waals surface area (Å²) in [5, 5.41) is 0.603. The molecule has 0 aliphatic carbocycles. The van der Waals surface area contributed by atoms with E-state index in [1.807, 2.05) is 30.9 Å². The Morgan fingerprint density at radius 2 is 2.10 bits per heavy atom. The molecule has 3 aromatic rings. The van der Waals surface area contributed by atoms with Crippen molar-refractivity contribution in [2.45, 2.75) is 46.7 Å². The van der Waals surface area contributed by atoms with E-state index in [4.69, 9.17) is 21.8 Å². The van der Waals surface area contributed by atoms with Crippen LogP contribution in [0.5, 0.6) is 0 Å². The van der Waals surface area contributed by atoms with Crippen LogP contribution in [-0.2, 0) is 13.1 Å². The molecular formula is C22H28ClN5O3. The van der Waals surface area contributed by atoms with Crippen LogP contribution < -0.4 is 21.9 Å². The maximum Gasteiger partial charge on any atom is 0.330 e. The molecule has 0 unspecified atom stereocenters. The summed E-state index contributed by atoms with van der Waals surface area (Å²) >= 11 is 6.07. The molecule has 3 rings (SSSR count). The maximum atomic E-state index is 12.7. The van der Waals surface area contributed by atoms with Gasteiger partial charge in [0, 0.05) is 23.7 Å². The number of rotatable bonds is 9. The summed E-state index contributed by atoms with van der Waals surface area (Å²) in [6.07, 6.45) is 3.40. The number of aromatic nitrogens is 3. The highest BCUT2D eigenvalue weighted by atomic mass is 35.5. The van der Waals surface area contributed by atoms with Gasteiger partial charge in [0.25, 0.3) is 5.56 Å². The van der Waals surface area contributed by atoms with E-state index in [1.54, 1.807) is 18.3 Å². The summed E-state index contributed by atoms with van der Waals surface area (Å²) in [7, 11) is 0. The maximum absolute atomic E-state index is 12.7. The molecule has 0 aliphatic heterocycles. The Kier molecular flexibility index (Phi) is 7.22. The second-order valence-electron chi connectivity index (χ2n) is 7.90. The molecule has 166 valence electrons. The largest absolute Gasteiger partial charge is 0.439 e. The van der Waals surface area contributed by atoms with E-state index in [-0.39, 0.29) is 24.0 Å². The Balaban J connectivity index is 1.97. The van der Waals surface area contributed by atoms with Gasteiger partial charge in [-0.3, -0.25) is 14.3 Å². The quantitative estimate of drug-likeness (QED) is 0.517. The molecule has 0 aliphatic rings. The first-order chi connectivity index (χ1) is 14.8. The van der Waals surface area contributed by atoms with E-state index in [0.29, 0.717) is 29.8 Å². The van der Waals surface area contributed by atoms with Gasteiger partial charge in [-0.2, -0.15) is 0 Å². The lowest BCUT2D eigenvalue weighted by Crippen LogP contribution is -2.39. The minimum Gasteiger partial charge on any atom is -0.439 e. The first kappa shape index (κ1) is 22.7. The topological polar surface area (TPSA) is 110 Å². The number of nitrogens with zero attached hydrogens (tertiary/aromatic N) is 3. The van der Waals surface area contributed by atoms with E-state index < -0.39 is 11.2 Å². The number of nitrogens with two attached hydrogens (primary N) is 1. The van der Waals surface area contributed by atoms with Gasteiger partial charge in [0.05, 0.1) is 12.7 Å². The molecule has 9 heteroatoms. The molecule has 3 N–H and O–H groups in total. The van der Waals surface area contributed by atoms with Crippen LogP contribution in [0.15, 0.2) is 44.5 Å². The zero-order valence-corrected chi connectivity index (χ0v) is 18.8. The smallest absolute Gasteiger partial charge is 0.330 e. The lowest BCUT2D eigenvalue weighted by Gasteiger charge is -2.25. The average molecular weight is 446 g/mol. The lowest BCUT2D eigenvalue weighted by molar-refractivity contribution is 0.491. The highest BCUT2D eigenvalue weighted by molar-refractivity contribution is 6.30. The Morgan fingerprint density at radius 1 is 1.32 bits per heavy atom. The van der Waals surface area contributed by atoms with E-state index in [9.17, 15) is 9.59 Å². The fourth-order valence-electron chi connectivity index (χ4n) is 3.37. The molecule has 0 saturated heterocycles. The molecule has 0 radical (unpaired) electrons. The number of hydrogen-bond acceptors (Lipinski definition) is 6. The standard InChI is InChI=1S/C22H28ClN5O3/c1-4-5-9-27(19-20(24)28(12-14(2)3)22(30)26-21(19)29)13-18-25-11-17(31-18)15-7-6-8-16(23)10-15/h6-8,10-11,14H,4-5,9,12-13,24H2,1-3H3,(H,26,29,30). The third-order valence-electron chi connectivity index (χ3n) is 4.85. The van der Waals surface area contributed by atoms with Crippen molar-refractivity contribution in [3.05, 3.63) is 62.2 Å². The van der Waals surface area contributed by atoms with Crippen LogP contribution in [0.4, 0.5) is 11.5 Å². The van der Waals surface area contributed by atoms with Crippen LogP contribution >= 0.6 is 11.6 Å². The van der Waals surface area contributed by atoms with Crippen molar-refractivity contribution >= 4 is 23.1 Å². The minimum atomic E-state index is -0.514. The summed E-state index contributed by atoms with van der Waals surface area (Å²) < 4.78 is 7.33. The zero-order valence-electron chi connectivity index (χ0n) is 18.0. The molecule has 0 spiro atoms. The number of H-pyrrole nitrogens is 1. The van der Waals surface area contributed by atoms with Crippen molar-refractivity contribution in [1.82, 2.24) is 14.5 Å². The third-order valence-corrected chi connectivity index (χ3v) is 5.08. The number of nitrogen functional groups attached to an aromatic ring is 1. The Labute approximate surface area is 185 Å². The van der Waals surface area contributed by atoms with Crippen LogP contribution in [-0.4, -0.2) is 21.1 Å². The summed E-state index contributed by atoms with van der Waals surface area (Å²) in [5.74, 6) is 1.36. The second-order valence-corrected chi connectivity index (χ2v) is 8.34. The monoisotopic (exact) mass is 445 g/mol. The fourth-order valence-corrected chi connectivity index (χ4v) is 3.56. The number of oxazole rings is 1. The molecule has 0 bridgehead atoms. The molecule has 0 saturated carbocycles. The van der Waals surface area contributed by atoms with Crippen LogP contribution in [0.3, 0.4) is 0 Å². The van der Waals surface area contributed by atoms with E-state index in [0.717, 1.165) is 18.4 Å². The number of aromatic amines is 1. The summed E-state index contributed by atoms with van der Waals surface area (Å²) in [4.78, 5) is 33.6. The zero-order chi connectivity index (χ0) is 22.5. The summed E-state index contributed by atoms with van der Waals surface area (Å²) in [6, 6.07) is 7.31. The predicted octanol–water partition coefficient (Wildman–Crippen LogP) is 3.89. The van der Waals surface area contributed by atoms with Gasteiger partial charge in [-0.15, -0.1) is 0 Å². The van der Waals surface area contributed by atoms with Crippen molar-refractivity contribution in [2.24, 2.45) is 5.92 Å². The Hall–Kier alpha value is -3.00. The van der Waals surface area contributed by atoms with Crippen molar-refractivity contribution in [3.8, 4) is 11.3 Å². The molecule has 2 aromatic heterocycles. The molecule has 1 aromatic carbocycles. The van der Waals surface area contributed by atoms with Gasteiger partial charge >= 0.3 is 5.69 Å². The Bertz CT molecular complexity index is 1150. The van der Waals surface area contributed by atoms with Gasteiger partial charge in [0.1, 0.15) is 11.5 Å². The molecule has 0 fully saturated rings. The summed E-state index contributed by atoms with van der Waals surface area (Å²) in [6.45, 7) is 7.25. The predicted molar refractivity (Wildman–Crippen MR) is 123 cm³/mol. The van der Waals surface area contributed by atoms with Crippen LogP contribution in [0.1, 0.15) is 39.5 Å². The third kappa shape index (κ3) is 5.38. The second kappa shape index (κ2) is 9.87. The lowest BCUT2D eigenvalue weighted by atomic mass is 10.2. The number of anilines is 2.